The normalized spacial score (nSPS) is 26.3. The maximum atomic E-state index is 14.5. The number of nitrogens with one attached hydrogen (secondary N) is 2. The number of carbonyl (C=O) groups is 10. The van der Waals surface area contributed by atoms with Crippen molar-refractivity contribution in [3.05, 3.63) is 165 Å². The summed E-state index contributed by atoms with van der Waals surface area (Å²) in [6.45, 7) is 15.4. The van der Waals surface area contributed by atoms with Gasteiger partial charge < -0.3 is 39.4 Å². The van der Waals surface area contributed by atoms with Gasteiger partial charge in [0.15, 0.2) is 11.6 Å². The van der Waals surface area contributed by atoms with E-state index in [1.54, 1.807) is 71.9 Å². The molecule has 12 rings (SSSR count). The molecule has 8 aliphatic rings. The van der Waals surface area contributed by atoms with Crippen LogP contribution in [0.25, 0.3) is 0 Å². The van der Waals surface area contributed by atoms with Crippen LogP contribution in [0.1, 0.15) is 202 Å². The zero-order chi connectivity index (χ0) is 78.1. The molecule has 23 heteroatoms. The van der Waals surface area contributed by atoms with Gasteiger partial charge in [-0.2, -0.15) is 0 Å². The first kappa shape index (κ1) is 80.9. The van der Waals surface area contributed by atoms with Crippen molar-refractivity contribution in [2.75, 3.05) is 26.2 Å². The Bertz CT molecular complexity index is 4130. The molecule has 2 saturated heterocycles. The van der Waals surface area contributed by atoms with Gasteiger partial charge in [0.2, 0.25) is 23.6 Å². The summed E-state index contributed by atoms with van der Waals surface area (Å²) in [6.07, 6.45) is 14.0. The van der Waals surface area contributed by atoms with Crippen molar-refractivity contribution in [3.63, 3.8) is 0 Å². The number of halogens is 3. The highest BCUT2D eigenvalue weighted by molar-refractivity contribution is 5.98. The number of amides is 6. The van der Waals surface area contributed by atoms with E-state index in [4.69, 9.17) is 18.9 Å². The maximum absolute atomic E-state index is 14.5. The van der Waals surface area contributed by atoms with Gasteiger partial charge in [0, 0.05) is 74.8 Å². The molecule has 6 amide bonds. The molecule has 0 aromatic heterocycles. The molecule has 109 heavy (non-hydrogen) atoms. The number of fused-ring (bicyclic) bond motifs is 6. The maximum Gasteiger partial charge on any atom is 0.410 e. The molecule has 6 heterocycles. The molecular formula is C86H107F3N6O14. The van der Waals surface area contributed by atoms with Gasteiger partial charge in [-0.15, -0.1) is 0 Å². The van der Waals surface area contributed by atoms with E-state index in [0.29, 0.717) is 85.7 Å². The number of ether oxygens (including phenoxy) is 4. The zero-order valence-corrected chi connectivity index (χ0v) is 64.4. The molecule has 0 radical (unpaired) electrons. The number of benzene rings is 4. The standard InChI is InChI=1S/C43H53F2N3O7.C43H54FN3O7/c1-27-12-10-16-34(44)32(27)18-19-46-40(52)43-22-30(43)15-9-7-5-6-8-13-28(20-38(50)55-42(2,3)4)39(51)48-25-31(21-36(48)37(49)23-43)54-41(53)47-24-29-14-11-17-35(45)33(29)26-47;1-28-12-10-13-29(20-28)18-19-45-40(51)43-23-32(43)16-9-7-5-6-8-14-30(21-38(49)54-42(2,3)4)39(50)47-26-33(22-36(47)37(48)24-43)53-41(52)46-25-31-15-11-17-35(44)34(31)27-46/h9-12,14-17,28,30-31,36H,5-8,13,18-26H2,1-4H3,(H,46,52);9-13,15-17,20,30,32-33,36H,5-8,14,18-19,21-27H2,1-4H3,(H,45,51)/b15-9-;16-9-/t28?,30?,31?,36-,43?;30?,32?,33?,36-,43?/m00/s1. The molecule has 8 unspecified atom stereocenters. The van der Waals surface area contributed by atoms with E-state index in [0.717, 1.165) is 55.2 Å². The topological polar surface area (TPSA) is 245 Å². The van der Waals surface area contributed by atoms with Gasteiger partial charge in [0.1, 0.15) is 40.9 Å². The number of allylic oxidation sites excluding steroid dienone is 4. The quantitative estimate of drug-likeness (QED) is 0.0678. The predicted molar refractivity (Wildman–Crippen MR) is 400 cm³/mol. The summed E-state index contributed by atoms with van der Waals surface area (Å²) >= 11 is 0. The lowest BCUT2D eigenvalue weighted by Gasteiger charge is -2.29. The number of carbonyl (C=O) groups excluding carboxylic acids is 10. The smallest absolute Gasteiger partial charge is 0.410 e. The van der Waals surface area contributed by atoms with Crippen molar-refractivity contribution in [2.45, 2.75) is 245 Å². The first-order valence-electron chi connectivity index (χ1n) is 39.1. The predicted octanol–water partition coefficient (Wildman–Crippen LogP) is 13.6. The molecule has 4 aromatic rings. The molecule has 4 fully saturated rings. The molecule has 586 valence electrons. The lowest BCUT2D eigenvalue weighted by atomic mass is 9.90. The van der Waals surface area contributed by atoms with Crippen LogP contribution in [0.2, 0.25) is 0 Å². The Labute approximate surface area is 638 Å². The highest BCUT2D eigenvalue weighted by Crippen LogP contribution is 2.58. The van der Waals surface area contributed by atoms with Crippen molar-refractivity contribution in [3.8, 4) is 0 Å². The SMILES string of the molecule is Cc1cccc(CCNC(=O)C23CC(=O)[C@@H]4CC(OC(=O)N5Cc6cccc(F)c6C5)CN4C(=O)C(CC(=O)OC(C)(C)C)CCCCC/C=C\C2C3)c1.Cc1cccc(F)c1CCNC(=O)C12CC(=O)[C@@H]3CC(OC(=O)N4Cc5cccc(F)c5C4)CN3C(=O)C(CC(=O)OC(C)(C)C)CCCCC/C=C\C1C2. The third-order valence-electron chi connectivity index (χ3n) is 22.6. The Balaban J connectivity index is 0.000000217. The lowest BCUT2D eigenvalue weighted by Crippen LogP contribution is -2.46. The summed E-state index contributed by atoms with van der Waals surface area (Å²) in [7, 11) is 0. The lowest BCUT2D eigenvalue weighted by molar-refractivity contribution is -0.159. The molecule has 0 spiro atoms. The Morgan fingerprint density at radius 1 is 0.532 bits per heavy atom. The van der Waals surface area contributed by atoms with E-state index in [1.807, 2.05) is 44.2 Å². The van der Waals surface area contributed by atoms with E-state index in [-0.39, 0.29) is 137 Å². The average molecular weight is 1510 g/mol. The third-order valence-corrected chi connectivity index (χ3v) is 22.6. The number of ketones is 2. The molecule has 20 nitrogen and oxygen atoms in total. The van der Waals surface area contributed by atoms with Crippen LogP contribution >= 0.6 is 0 Å². The van der Waals surface area contributed by atoms with Crippen molar-refractivity contribution in [1.82, 2.24) is 30.2 Å². The largest absolute Gasteiger partial charge is 0.460 e. The number of hydrogen-bond donors (Lipinski definition) is 2. The fourth-order valence-electron chi connectivity index (χ4n) is 16.7. The van der Waals surface area contributed by atoms with Gasteiger partial charge >= 0.3 is 24.1 Å². The van der Waals surface area contributed by atoms with Gasteiger partial charge in [0.25, 0.3) is 0 Å². The summed E-state index contributed by atoms with van der Waals surface area (Å²) < 4.78 is 66.5. The zero-order valence-electron chi connectivity index (χ0n) is 64.4. The van der Waals surface area contributed by atoms with Crippen LogP contribution in [0, 0.1) is 65.8 Å². The fraction of sp³-hybridized carbons (Fsp3) is 0.558. The van der Waals surface area contributed by atoms with Crippen molar-refractivity contribution in [1.29, 1.82) is 0 Å². The van der Waals surface area contributed by atoms with Gasteiger partial charge in [-0.05, 0) is 177 Å². The Kier molecular flexibility index (Phi) is 25.8. The van der Waals surface area contributed by atoms with E-state index in [9.17, 15) is 61.1 Å². The molecule has 6 aliphatic heterocycles. The van der Waals surface area contributed by atoms with E-state index in [1.165, 1.54) is 37.8 Å². The number of aryl methyl sites for hydroxylation is 2. The highest BCUT2D eigenvalue weighted by Gasteiger charge is 2.62. The van der Waals surface area contributed by atoms with Gasteiger partial charge in [-0.1, -0.05) is 116 Å². The van der Waals surface area contributed by atoms with Crippen LogP contribution in [0.5, 0.6) is 0 Å². The number of nitrogens with zero attached hydrogens (tertiary/aromatic N) is 4. The number of Topliss-reactive ketones (excluding diaryl/α,β-unsaturated/α-hetero) is 2. The average Bonchev–Trinajstić information content (AvgIpc) is 1.58. The first-order valence-corrected chi connectivity index (χ1v) is 39.1. The molecule has 4 aromatic carbocycles. The summed E-state index contributed by atoms with van der Waals surface area (Å²) in [4.78, 5) is 144. The highest BCUT2D eigenvalue weighted by atomic mass is 19.1. The Morgan fingerprint density at radius 3 is 1.41 bits per heavy atom. The van der Waals surface area contributed by atoms with Crippen LogP contribution in [0.15, 0.2) is 103 Å². The van der Waals surface area contributed by atoms with Gasteiger partial charge in [0.05, 0.1) is 61.9 Å². The second-order valence-corrected chi connectivity index (χ2v) is 33.3. The minimum atomic E-state index is -1.04. The molecule has 2 aliphatic carbocycles. The molecule has 2 saturated carbocycles. The number of esters is 2. The minimum absolute atomic E-state index is 0.0232. The Morgan fingerprint density at radius 2 is 0.972 bits per heavy atom. The number of rotatable bonds is 14. The van der Waals surface area contributed by atoms with Gasteiger partial charge in [-0.3, -0.25) is 48.2 Å². The molecule has 2 N–H and O–H groups in total. The third kappa shape index (κ3) is 20.5. The van der Waals surface area contributed by atoms with E-state index in [2.05, 4.69) is 34.9 Å². The monoisotopic (exact) mass is 1500 g/mol. The summed E-state index contributed by atoms with van der Waals surface area (Å²) in [6, 6.07) is 20.5. The minimum Gasteiger partial charge on any atom is -0.460 e. The molecule has 10 atom stereocenters. The van der Waals surface area contributed by atoms with Gasteiger partial charge in [-0.25, -0.2) is 22.8 Å². The molecular weight excluding hydrogens is 1400 g/mol. The summed E-state index contributed by atoms with van der Waals surface area (Å²) in [5, 5.41) is 6.07. The van der Waals surface area contributed by atoms with Crippen LogP contribution in [-0.2, 0) is 96.3 Å². The fourth-order valence-corrected chi connectivity index (χ4v) is 16.7. The number of hydrogen-bond acceptors (Lipinski definition) is 14. The van der Waals surface area contributed by atoms with Crippen LogP contribution in [0.3, 0.4) is 0 Å². The van der Waals surface area contributed by atoms with Crippen LogP contribution in [-0.4, -0.2) is 141 Å². The Hall–Kier alpha value is -9.15. The summed E-state index contributed by atoms with van der Waals surface area (Å²) in [5.41, 5.74) is 2.37. The van der Waals surface area contributed by atoms with Crippen LogP contribution < -0.4 is 10.6 Å². The molecule has 0 bridgehead atoms. The summed E-state index contributed by atoms with van der Waals surface area (Å²) in [5.74, 6) is -5.73. The van der Waals surface area contributed by atoms with Crippen LogP contribution in [0.4, 0.5) is 22.8 Å². The van der Waals surface area contributed by atoms with Crippen molar-refractivity contribution < 1.29 is 80.1 Å². The van der Waals surface area contributed by atoms with Crippen molar-refractivity contribution in [2.24, 2.45) is 34.5 Å². The second kappa shape index (κ2) is 34.8. The van der Waals surface area contributed by atoms with E-state index < -0.39 is 94.0 Å². The van der Waals surface area contributed by atoms with Crippen molar-refractivity contribution >= 4 is 59.3 Å². The van der Waals surface area contributed by atoms with E-state index >= 15 is 0 Å². The second-order valence-electron chi connectivity index (χ2n) is 33.3. The first-order chi connectivity index (χ1) is 51.9.